The number of thiazole rings is 1. The third-order valence-corrected chi connectivity index (χ3v) is 4.45. The van der Waals surface area contributed by atoms with Crippen molar-refractivity contribution < 1.29 is 4.39 Å². The van der Waals surface area contributed by atoms with Crippen LogP contribution in [0.15, 0.2) is 16.6 Å². The van der Waals surface area contributed by atoms with Gasteiger partial charge < -0.3 is 5.32 Å². The molecule has 0 saturated heterocycles. The molecule has 2 rings (SSSR count). The maximum absolute atomic E-state index is 13.5. The second-order valence-electron chi connectivity index (χ2n) is 4.18. The van der Waals surface area contributed by atoms with Crippen molar-refractivity contribution in [3.05, 3.63) is 43.6 Å². The standard InChI is InChI=1S/C13H14BrFN2S/c1-7-4-10(14)11(15)5-12(7)16-6-13-17-8(2)9(3)18-13/h4-5,16H,6H2,1-3H3. The first-order chi connectivity index (χ1) is 8.47. The Morgan fingerprint density at radius 3 is 2.67 bits per heavy atom. The molecule has 2 aromatic rings. The molecule has 0 radical (unpaired) electrons. The van der Waals surface area contributed by atoms with Crippen LogP contribution >= 0.6 is 27.3 Å². The van der Waals surface area contributed by atoms with Gasteiger partial charge in [-0.1, -0.05) is 0 Å². The molecular weight excluding hydrogens is 315 g/mol. The van der Waals surface area contributed by atoms with Gasteiger partial charge in [-0.15, -0.1) is 11.3 Å². The zero-order valence-corrected chi connectivity index (χ0v) is 12.9. The average molecular weight is 329 g/mol. The van der Waals surface area contributed by atoms with E-state index in [4.69, 9.17) is 0 Å². The van der Waals surface area contributed by atoms with Gasteiger partial charge >= 0.3 is 0 Å². The van der Waals surface area contributed by atoms with E-state index in [1.807, 2.05) is 13.8 Å². The fourth-order valence-corrected chi connectivity index (χ4v) is 2.95. The minimum atomic E-state index is -0.255. The zero-order valence-electron chi connectivity index (χ0n) is 10.5. The molecule has 0 unspecified atom stereocenters. The zero-order chi connectivity index (χ0) is 13.3. The lowest BCUT2D eigenvalue weighted by Crippen LogP contribution is -2.01. The van der Waals surface area contributed by atoms with Crippen molar-refractivity contribution in [1.82, 2.24) is 4.98 Å². The van der Waals surface area contributed by atoms with Crippen molar-refractivity contribution in [3.8, 4) is 0 Å². The summed E-state index contributed by atoms with van der Waals surface area (Å²) in [5, 5.41) is 4.25. The van der Waals surface area contributed by atoms with E-state index in [-0.39, 0.29) is 5.82 Å². The summed E-state index contributed by atoms with van der Waals surface area (Å²) in [6.45, 7) is 6.63. The predicted molar refractivity (Wildman–Crippen MR) is 77.8 cm³/mol. The predicted octanol–water partition coefficient (Wildman–Crippen LogP) is 4.58. The van der Waals surface area contributed by atoms with Crippen LogP contribution in [0.5, 0.6) is 0 Å². The van der Waals surface area contributed by atoms with E-state index in [1.165, 1.54) is 10.9 Å². The summed E-state index contributed by atoms with van der Waals surface area (Å²) in [7, 11) is 0. The second kappa shape index (κ2) is 5.36. The number of nitrogens with zero attached hydrogens (tertiary/aromatic N) is 1. The summed E-state index contributed by atoms with van der Waals surface area (Å²) in [4.78, 5) is 5.68. The lowest BCUT2D eigenvalue weighted by atomic mass is 10.2. The van der Waals surface area contributed by atoms with Crippen molar-refractivity contribution in [2.75, 3.05) is 5.32 Å². The molecule has 0 amide bonds. The Kier molecular flexibility index (Phi) is 4.02. The van der Waals surface area contributed by atoms with Crippen LogP contribution in [-0.2, 0) is 6.54 Å². The molecular formula is C13H14BrFN2S. The summed E-state index contributed by atoms with van der Waals surface area (Å²) in [6, 6.07) is 3.28. The molecule has 0 fully saturated rings. The van der Waals surface area contributed by atoms with Crippen molar-refractivity contribution in [2.45, 2.75) is 27.3 Å². The lowest BCUT2D eigenvalue weighted by molar-refractivity contribution is 0.621. The minimum Gasteiger partial charge on any atom is -0.378 e. The largest absolute Gasteiger partial charge is 0.378 e. The molecule has 0 saturated carbocycles. The number of halogens is 2. The Hall–Kier alpha value is -0.940. The molecule has 0 aliphatic rings. The maximum atomic E-state index is 13.5. The van der Waals surface area contributed by atoms with E-state index in [9.17, 15) is 4.39 Å². The van der Waals surface area contributed by atoms with Crippen LogP contribution in [0.3, 0.4) is 0 Å². The minimum absolute atomic E-state index is 0.255. The number of benzene rings is 1. The number of hydrogen-bond donors (Lipinski definition) is 1. The van der Waals surface area contributed by atoms with Gasteiger partial charge in [0.25, 0.3) is 0 Å². The van der Waals surface area contributed by atoms with Crippen molar-refractivity contribution in [2.24, 2.45) is 0 Å². The molecule has 0 bridgehead atoms. The van der Waals surface area contributed by atoms with Crippen LogP contribution in [0.2, 0.25) is 0 Å². The number of aryl methyl sites for hydroxylation is 3. The Morgan fingerprint density at radius 2 is 2.06 bits per heavy atom. The van der Waals surface area contributed by atoms with E-state index in [1.54, 1.807) is 17.4 Å². The van der Waals surface area contributed by atoms with Crippen molar-refractivity contribution in [1.29, 1.82) is 0 Å². The molecule has 0 spiro atoms. The third kappa shape index (κ3) is 2.90. The Labute approximate surface area is 118 Å². The van der Waals surface area contributed by atoms with Gasteiger partial charge in [0.2, 0.25) is 0 Å². The molecule has 0 aliphatic carbocycles. The van der Waals surface area contributed by atoms with Crippen LogP contribution in [0.25, 0.3) is 0 Å². The molecule has 1 N–H and O–H groups in total. The van der Waals surface area contributed by atoms with E-state index in [0.29, 0.717) is 11.0 Å². The van der Waals surface area contributed by atoms with Crippen LogP contribution in [0.1, 0.15) is 21.1 Å². The van der Waals surface area contributed by atoms with E-state index >= 15 is 0 Å². The Balaban J connectivity index is 2.13. The van der Waals surface area contributed by atoms with Gasteiger partial charge in [-0.2, -0.15) is 0 Å². The molecule has 0 aliphatic heterocycles. The fourth-order valence-electron chi connectivity index (χ4n) is 1.62. The molecule has 2 nitrogen and oxygen atoms in total. The van der Waals surface area contributed by atoms with Gasteiger partial charge in [-0.05, 0) is 54.4 Å². The summed E-state index contributed by atoms with van der Waals surface area (Å²) < 4.78 is 13.9. The molecule has 18 heavy (non-hydrogen) atoms. The first kappa shape index (κ1) is 13.5. The quantitative estimate of drug-likeness (QED) is 0.891. The lowest BCUT2D eigenvalue weighted by Gasteiger charge is -2.09. The molecule has 0 atom stereocenters. The van der Waals surface area contributed by atoms with Gasteiger partial charge in [0.15, 0.2) is 0 Å². The first-order valence-corrected chi connectivity index (χ1v) is 7.20. The molecule has 5 heteroatoms. The SMILES string of the molecule is Cc1cc(Br)c(F)cc1NCc1nc(C)c(C)s1. The highest BCUT2D eigenvalue weighted by Gasteiger charge is 2.07. The van der Waals surface area contributed by atoms with Crippen LogP contribution in [-0.4, -0.2) is 4.98 Å². The Bertz CT molecular complexity index is 561. The second-order valence-corrected chi connectivity index (χ2v) is 6.33. The fraction of sp³-hybridized carbons (Fsp3) is 0.308. The van der Waals surface area contributed by atoms with Gasteiger partial charge in [0.05, 0.1) is 16.7 Å². The maximum Gasteiger partial charge on any atom is 0.139 e. The molecule has 1 aromatic carbocycles. The van der Waals surface area contributed by atoms with Gasteiger partial charge in [0, 0.05) is 10.6 Å². The normalized spacial score (nSPS) is 10.7. The van der Waals surface area contributed by atoms with Gasteiger partial charge in [0.1, 0.15) is 10.8 Å². The summed E-state index contributed by atoms with van der Waals surface area (Å²) in [6.07, 6.45) is 0. The summed E-state index contributed by atoms with van der Waals surface area (Å²) in [5.41, 5.74) is 2.88. The van der Waals surface area contributed by atoms with Gasteiger partial charge in [-0.25, -0.2) is 9.37 Å². The van der Waals surface area contributed by atoms with Crippen LogP contribution in [0.4, 0.5) is 10.1 Å². The summed E-state index contributed by atoms with van der Waals surface area (Å²) in [5.74, 6) is -0.255. The van der Waals surface area contributed by atoms with Crippen molar-refractivity contribution in [3.63, 3.8) is 0 Å². The van der Waals surface area contributed by atoms with E-state index in [2.05, 4.69) is 33.2 Å². The molecule has 1 aromatic heterocycles. The number of nitrogens with one attached hydrogen (secondary N) is 1. The highest BCUT2D eigenvalue weighted by molar-refractivity contribution is 9.10. The van der Waals surface area contributed by atoms with Gasteiger partial charge in [-0.3, -0.25) is 0 Å². The smallest absolute Gasteiger partial charge is 0.139 e. The monoisotopic (exact) mass is 328 g/mol. The number of hydrogen-bond acceptors (Lipinski definition) is 3. The number of rotatable bonds is 3. The third-order valence-electron chi connectivity index (χ3n) is 2.77. The first-order valence-electron chi connectivity index (χ1n) is 5.60. The van der Waals surface area contributed by atoms with Crippen LogP contribution < -0.4 is 5.32 Å². The van der Waals surface area contributed by atoms with Crippen LogP contribution in [0, 0.1) is 26.6 Å². The number of aromatic nitrogens is 1. The highest BCUT2D eigenvalue weighted by Crippen LogP contribution is 2.25. The molecule has 1 heterocycles. The summed E-state index contributed by atoms with van der Waals surface area (Å²) >= 11 is 4.85. The Morgan fingerprint density at radius 1 is 1.33 bits per heavy atom. The van der Waals surface area contributed by atoms with Crippen molar-refractivity contribution >= 4 is 33.0 Å². The number of anilines is 1. The highest BCUT2D eigenvalue weighted by atomic mass is 79.9. The average Bonchev–Trinajstić information content (AvgIpc) is 2.62. The topological polar surface area (TPSA) is 24.9 Å². The molecule has 96 valence electrons. The van der Waals surface area contributed by atoms with E-state index in [0.717, 1.165) is 22.0 Å². The van der Waals surface area contributed by atoms with E-state index < -0.39 is 0 Å².